The van der Waals surface area contributed by atoms with Crippen molar-refractivity contribution in [1.29, 1.82) is 10.5 Å². The van der Waals surface area contributed by atoms with Crippen LogP contribution in [0.4, 0.5) is 0 Å². The number of hydrogen-bond donors (Lipinski definition) is 0. The second-order valence-electron chi connectivity index (χ2n) is 12.8. The van der Waals surface area contributed by atoms with Crippen molar-refractivity contribution < 1.29 is 9.53 Å². The number of rotatable bonds is 4. The molecule has 33 heavy (non-hydrogen) atoms. The van der Waals surface area contributed by atoms with Crippen LogP contribution < -0.4 is 0 Å². The molecule has 0 aromatic heterocycles. The highest BCUT2D eigenvalue weighted by atomic mass is 16.5. The summed E-state index contributed by atoms with van der Waals surface area (Å²) in [5, 5.41) is 19.2. The molecule has 0 bridgehead atoms. The van der Waals surface area contributed by atoms with Crippen LogP contribution in [-0.2, 0) is 9.53 Å². The summed E-state index contributed by atoms with van der Waals surface area (Å²) in [5.74, 6) is 4.33. The lowest BCUT2D eigenvalue weighted by molar-refractivity contribution is -0.152. The summed E-state index contributed by atoms with van der Waals surface area (Å²) < 4.78 is 6.65. The van der Waals surface area contributed by atoms with Crippen LogP contribution in [0.5, 0.6) is 0 Å². The lowest BCUT2D eigenvalue weighted by atomic mass is 9.40. The van der Waals surface area contributed by atoms with Crippen molar-refractivity contribution in [2.75, 3.05) is 0 Å². The maximum absolute atomic E-state index is 12.4. The van der Waals surface area contributed by atoms with E-state index in [9.17, 15) is 10.1 Å². The summed E-state index contributed by atoms with van der Waals surface area (Å²) >= 11 is 0. The van der Waals surface area contributed by atoms with Crippen molar-refractivity contribution in [3.05, 3.63) is 11.3 Å². The number of nitriles is 2. The summed E-state index contributed by atoms with van der Waals surface area (Å²) in [6, 6.07) is 5.00. The van der Waals surface area contributed by atoms with Crippen molar-refractivity contribution in [1.82, 2.24) is 0 Å². The van der Waals surface area contributed by atoms with Crippen molar-refractivity contribution in [3.8, 4) is 12.1 Å². The van der Waals surface area contributed by atoms with Gasteiger partial charge in [0.25, 0.3) is 0 Å². The molecule has 4 aliphatic carbocycles. The second-order valence-corrected chi connectivity index (χ2v) is 12.8. The number of hydrogen-bond acceptors (Lipinski definition) is 4. The van der Waals surface area contributed by atoms with Crippen LogP contribution in [0.3, 0.4) is 0 Å². The van der Waals surface area contributed by atoms with E-state index in [0.29, 0.717) is 60.7 Å². The largest absolute Gasteiger partial charge is 0.494 e. The van der Waals surface area contributed by atoms with E-state index in [4.69, 9.17) is 10.00 Å². The third-order valence-corrected chi connectivity index (χ3v) is 11.4. The Morgan fingerprint density at radius 3 is 2.67 bits per heavy atom. The number of ketones is 1. The number of nitrogens with zero attached hydrogens (tertiary/aromatic N) is 2. The lowest BCUT2D eigenvalue weighted by Gasteiger charge is -2.62. The van der Waals surface area contributed by atoms with E-state index in [1.807, 2.05) is 0 Å². The first-order valence-corrected chi connectivity index (χ1v) is 13.4. The monoisotopic (exact) mass is 448 g/mol. The van der Waals surface area contributed by atoms with Gasteiger partial charge in [0.05, 0.1) is 23.3 Å². The first-order chi connectivity index (χ1) is 15.7. The quantitative estimate of drug-likeness (QED) is 0.478. The standard InChI is InChI=1S/C29H40N2O2/c1-18(10-14-30)5-6-24-19(2)26-25(33-24)15-23-21-8-13-29(17-31)16-20(32)7-12-28(29,4)22(21)9-11-27(23,26)3/h18,21-23,25-26H,5-13,15-16H2,1-4H3/t18-,21-,22+,23+,25+,26+,27+,28-,29-/m1/s1. The van der Waals surface area contributed by atoms with Gasteiger partial charge in [-0.15, -0.1) is 0 Å². The molecule has 4 fully saturated rings. The van der Waals surface area contributed by atoms with Gasteiger partial charge in [-0.05, 0) is 91.9 Å². The van der Waals surface area contributed by atoms with Crippen LogP contribution in [0.2, 0.25) is 0 Å². The summed E-state index contributed by atoms with van der Waals surface area (Å²) in [4.78, 5) is 12.4. The van der Waals surface area contributed by atoms with Crippen LogP contribution in [0.1, 0.15) is 98.3 Å². The van der Waals surface area contributed by atoms with Gasteiger partial charge in [0, 0.05) is 31.6 Å². The molecule has 4 saturated carbocycles. The van der Waals surface area contributed by atoms with Crippen LogP contribution in [0.25, 0.3) is 0 Å². The van der Waals surface area contributed by atoms with Gasteiger partial charge in [-0.2, -0.15) is 10.5 Å². The van der Waals surface area contributed by atoms with Crippen molar-refractivity contribution in [3.63, 3.8) is 0 Å². The van der Waals surface area contributed by atoms with E-state index in [-0.39, 0.29) is 10.8 Å². The van der Waals surface area contributed by atoms with E-state index < -0.39 is 5.41 Å². The molecule has 5 aliphatic rings. The van der Waals surface area contributed by atoms with Gasteiger partial charge in [0.15, 0.2) is 0 Å². The van der Waals surface area contributed by atoms with Crippen LogP contribution in [-0.4, -0.2) is 11.9 Å². The number of Topliss-reactive ketones (excluding diaryl/α,β-unsaturated/α-hetero) is 1. The van der Waals surface area contributed by atoms with Gasteiger partial charge >= 0.3 is 0 Å². The van der Waals surface area contributed by atoms with E-state index in [2.05, 4.69) is 39.8 Å². The molecule has 0 aromatic carbocycles. The molecule has 4 heteroatoms. The Kier molecular flexibility index (Phi) is 5.47. The predicted octanol–water partition coefficient (Wildman–Crippen LogP) is 6.72. The van der Waals surface area contributed by atoms with E-state index in [1.54, 1.807) is 0 Å². The Morgan fingerprint density at radius 2 is 1.94 bits per heavy atom. The Bertz CT molecular complexity index is 956. The molecule has 0 radical (unpaired) electrons. The third kappa shape index (κ3) is 3.16. The SMILES string of the molecule is CC1=C(CC[C@@H](C)CC#N)O[C@H]2C[C@H]3[C@@H]4CC[C@]5(C#N)CC(=O)CC[C@]5(C)[C@H]4CC[C@]3(C)[C@@H]12. The fourth-order valence-corrected chi connectivity index (χ4v) is 9.52. The Morgan fingerprint density at radius 1 is 1.15 bits per heavy atom. The van der Waals surface area contributed by atoms with Gasteiger partial charge in [-0.1, -0.05) is 20.8 Å². The van der Waals surface area contributed by atoms with Gasteiger partial charge < -0.3 is 4.74 Å². The third-order valence-electron chi connectivity index (χ3n) is 11.4. The highest BCUT2D eigenvalue weighted by Crippen LogP contribution is 2.72. The van der Waals surface area contributed by atoms with Gasteiger partial charge in [-0.3, -0.25) is 4.79 Å². The van der Waals surface area contributed by atoms with Crippen LogP contribution in [0.15, 0.2) is 11.3 Å². The van der Waals surface area contributed by atoms with Gasteiger partial charge in [0.1, 0.15) is 11.9 Å². The molecule has 0 unspecified atom stereocenters. The zero-order valence-corrected chi connectivity index (χ0v) is 21.0. The molecule has 1 heterocycles. The Balaban J connectivity index is 1.38. The zero-order chi connectivity index (χ0) is 23.6. The smallest absolute Gasteiger partial charge is 0.134 e. The molecule has 1 aliphatic heterocycles. The van der Waals surface area contributed by atoms with Crippen molar-refractivity contribution in [2.45, 2.75) is 104 Å². The van der Waals surface area contributed by atoms with Crippen LogP contribution >= 0.6 is 0 Å². The highest BCUT2D eigenvalue weighted by Gasteiger charge is 2.67. The van der Waals surface area contributed by atoms with E-state index in [0.717, 1.165) is 38.5 Å². The number of ether oxygens (including phenoxy) is 1. The molecule has 0 amide bonds. The average Bonchev–Trinajstić information content (AvgIpc) is 3.26. The molecule has 5 rings (SSSR count). The zero-order valence-electron chi connectivity index (χ0n) is 21.0. The summed E-state index contributed by atoms with van der Waals surface area (Å²) in [7, 11) is 0. The molecule has 0 aromatic rings. The predicted molar refractivity (Wildman–Crippen MR) is 126 cm³/mol. The fourth-order valence-electron chi connectivity index (χ4n) is 9.52. The molecule has 0 spiro atoms. The van der Waals surface area contributed by atoms with Gasteiger partial charge in [0.2, 0.25) is 0 Å². The molecule has 178 valence electrons. The number of fused-ring (bicyclic) bond motifs is 7. The Labute approximate surface area is 199 Å². The fraction of sp³-hybridized carbons (Fsp3) is 0.828. The minimum absolute atomic E-state index is 0.0224. The molecular weight excluding hydrogens is 408 g/mol. The minimum atomic E-state index is -0.439. The topological polar surface area (TPSA) is 73.9 Å². The molecule has 0 saturated heterocycles. The molecule has 4 nitrogen and oxygen atoms in total. The van der Waals surface area contributed by atoms with Crippen LogP contribution in [0, 0.1) is 68.5 Å². The Hall–Kier alpha value is -1.81. The maximum atomic E-state index is 12.4. The summed E-state index contributed by atoms with van der Waals surface area (Å²) in [6.45, 7) is 9.37. The molecular formula is C29H40N2O2. The van der Waals surface area contributed by atoms with Crippen molar-refractivity contribution >= 4 is 5.78 Å². The number of carbonyl (C=O) groups is 1. The molecule has 9 atom stereocenters. The minimum Gasteiger partial charge on any atom is -0.494 e. The maximum Gasteiger partial charge on any atom is 0.134 e. The van der Waals surface area contributed by atoms with E-state index >= 15 is 0 Å². The normalized spacial score (nSPS) is 46.8. The summed E-state index contributed by atoms with van der Waals surface area (Å²) in [6.07, 6.45) is 10.5. The average molecular weight is 449 g/mol. The molecule has 0 N–H and O–H groups in total. The van der Waals surface area contributed by atoms with E-state index in [1.165, 1.54) is 24.2 Å². The second kappa shape index (κ2) is 7.86. The number of allylic oxidation sites excluding steroid dienone is 1. The highest BCUT2D eigenvalue weighted by molar-refractivity contribution is 5.81. The lowest BCUT2D eigenvalue weighted by Crippen LogP contribution is -2.58. The first kappa shape index (κ1) is 23.0. The van der Waals surface area contributed by atoms with Crippen molar-refractivity contribution in [2.24, 2.45) is 45.8 Å². The first-order valence-electron chi connectivity index (χ1n) is 13.4. The van der Waals surface area contributed by atoms with Gasteiger partial charge in [-0.25, -0.2) is 0 Å². The number of carbonyl (C=O) groups excluding carboxylic acids is 1. The summed E-state index contributed by atoms with van der Waals surface area (Å²) in [5.41, 5.74) is 1.30.